The molecule has 0 radical (unpaired) electrons. The first-order valence-electron chi connectivity index (χ1n) is 6.82. The second-order valence-electron chi connectivity index (χ2n) is 4.82. The summed E-state index contributed by atoms with van der Waals surface area (Å²) in [4.78, 5) is 11.8. The first-order chi connectivity index (χ1) is 10.6. The number of ether oxygens (including phenoxy) is 2. The molecular weight excluding hydrogens is 344 g/mol. The van der Waals surface area contributed by atoms with E-state index in [9.17, 15) is 4.79 Å². The van der Waals surface area contributed by atoms with Crippen LogP contribution in [0.25, 0.3) is 6.08 Å². The van der Waals surface area contributed by atoms with Crippen molar-refractivity contribution in [3.8, 4) is 5.75 Å². The Morgan fingerprint density at radius 3 is 2.77 bits per heavy atom. The zero-order valence-electron chi connectivity index (χ0n) is 12.5. The van der Waals surface area contributed by atoms with E-state index in [0.717, 1.165) is 21.2 Å². The van der Waals surface area contributed by atoms with Crippen LogP contribution in [-0.4, -0.2) is 13.1 Å². The molecular formula is C18H17BrO3. The number of halogens is 1. The molecule has 0 fully saturated rings. The van der Waals surface area contributed by atoms with Crippen LogP contribution < -0.4 is 4.74 Å². The molecule has 0 saturated heterocycles. The average Bonchev–Trinajstić information content (AvgIpc) is 2.51. The molecule has 2 aromatic rings. The third-order valence-electron chi connectivity index (χ3n) is 3.05. The molecule has 0 aliphatic rings. The van der Waals surface area contributed by atoms with Crippen molar-refractivity contribution in [3.63, 3.8) is 0 Å². The zero-order valence-corrected chi connectivity index (χ0v) is 14.1. The van der Waals surface area contributed by atoms with Crippen molar-refractivity contribution in [2.45, 2.75) is 13.5 Å². The third kappa shape index (κ3) is 4.74. The predicted octanol–water partition coefficient (Wildman–Crippen LogP) is 4.52. The summed E-state index contributed by atoms with van der Waals surface area (Å²) in [6.07, 6.45) is 3.09. The highest BCUT2D eigenvalue weighted by Gasteiger charge is 2.03. The van der Waals surface area contributed by atoms with Crippen LogP contribution in [0.15, 0.2) is 53.0 Å². The van der Waals surface area contributed by atoms with Gasteiger partial charge in [-0.05, 0) is 36.8 Å². The van der Waals surface area contributed by atoms with Crippen LogP contribution in [-0.2, 0) is 16.1 Å². The quantitative estimate of drug-likeness (QED) is 0.580. The number of rotatable bonds is 5. The summed E-state index contributed by atoms with van der Waals surface area (Å²) in [6, 6.07) is 13.5. The zero-order chi connectivity index (χ0) is 15.9. The summed E-state index contributed by atoms with van der Waals surface area (Å²) in [5.74, 6) is 0.314. The molecule has 114 valence electrons. The van der Waals surface area contributed by atoms with Crippen molar-refractivity contribution >= 4 is 28.0 Å². The Hall–Kier alpha value is -2.07. The highest BCUT2D eigenvalue weighted by molar-refractivity contribution is 9.10. The standard InChI is InChI=1S/C18H17BrO3/c1-13-4-3-5-14(10-13)12-22-18(20)9-6-15-11-16(19)7-8-17(15)21-2/h3-11H,12H2,1-2H3/b9-6+. The molecule has 0 heterocycles. The number of aryl methyl sites for hydroxylation is 1. The number of methoxy groups -OCH3 is 1. The van der Waals surface area contributed by atoms with E-state index in [1.165, 1.54) is 6.08 Å². The molecule has 0 aliphatic carbocycles. The van der Waals surface area contributed by atoms with Crippen molar-refractivity contribution in [1.82, 2.24) is 0 Å². The normalized spacial score (nSPS) is 10.7. The summed E-state index contributed by atoms with van der Waals surface area (Å²) in [7, 11) is 1.59. The number of carbonyl (C=O) groups is 1. The third-order valence-corrected chi connectivity index (χ3v) is 3.55. The smallest absolute Gasteiger partial charge is 0.331 e. The summed E-state index contributed by atoms with van der Waals surface area (Å²) in [6.45, 7) is 2.27. The second kappa shape index (κ2) is 7.80. The van der Waals surface area contributed by atoms with Gasteiger partial charge in [0.05, 0.1) is 7.11 Å². The molecule has 2 aromatic carbocycles. The first kappa shape index (κ1) is 16.3. The van der Waals surface area contributed by atoms with Gasteiger partial charge in [0.2, 0.25) is 0 Å². The fourth-order valence-corrected chi connectivity index (χ4v) is 2.38. The van der Waals surface area contributed by atoms with E-state index >= 15 is 0 Å². The largest absolute Gasteiger partial charge is 0.496 e. The maximum absolute atomic E-state index is 11.8. The Bertz CT molecular complexity index is 692. The van der Waals surface area contributed by atoms with Crippen LogP contribution in [0.4, 0.5) is 0 Å². The molecule has 3 nitrogen and oxygen atoms in total. The van der Waals surface area contributed by atoms with Gasteiger partial charge in [-0.15, -0.1) is 0 Å². The van der Waals surface area contributed by atoms with E-state index in [0.29, 0.717) is 5.75 Å². The first-order valence-corrected chi connectivity index (χ1v) is 7.61. The Morgan fingerprint density at radius 1 is 1.23 bits per heavy atom. The maximum Gasteiger partial charge on any atom is 0.331 e. The van der Waals surface area contributed by atoms with E-state index < -0.39 is 0 Å². The van der Waals surface area contributed by atoms with Crippen molar-refractivity contribution in [1.29, 1.82) is 0 Å². The number of hydrogen-bond donors (Lipinski definition) is 0. The van der Waals surface area contributed by atoms with E-state index in [4.69, 9.17) is 9.47 Å². The summed E-state index contributed by atoms with van der Waals surface area (Å²) >= 11 is 3.39. The Balaban J connectivity index is 1.98. The van der Waals surface area contributed by atoms with Crippen molar-refractivity contribution in [2.24, 2.45) is 0 Å². The molecule has 0 N–H and O–H groups in total. The van der Waals surface area contributed by atoms with E-state index in [2.05, 4.69) is 15.9 Å². The van der Waals surface area contributed by atoms with Gasteiger partial charge in [0.1, 0.15) is 12.4 Å². The SMILES string of the molecule is COc1ccc(Br)cc1/C=C/C(=O)OCc1cccc(C)c1. The number of carbonyl (C=O) groups excluding carboxylic acids is 1. The van der Waals surface area contributed by atoms with E-state index in [1.807, 2.05) is 49.4 Å². The highest BCUT2D eigenvalue weighted by atomic mass is 79.9. The van der Waals surface area contributed by atoms with Gasteiger partial charge >= 0.3 is 5.97 Å². The monoisotopic (exact) mass is 360 g/mol. The number of hydrogen-bond acceptors (Lipinski definition) is 3. The maximum atomic E-state index is 11.8. The van der Waals surface area contributed by atoms with Crippen molar-refractivity contribution < 1.29 is 14.3 Å². The van der Waals surface area contributed by atoms with Gasteiger partial charge in [-0.25, -0.2) is 4.79 Å². The van der Waals surface area contributed by atoms with E-state index in [-0.39, 0.29) is 12.6 Å². The molecule has 0 saturated carbocycles. The Morgan fingerprint density at radius 2 is 2.05 bits per heavy atom. The van der Waals surface area contributed by atoms with Crippen LogP contribution in [0.3, 0.4) is 0 Å². The lowest BCUT2D eigenvalue weighted by Crippen LogP contribution is -2.01. The number of benzene rings is 2. The van der Waals surface area contributed by atoms with Gasteiger partial charge in [0.25, 0.3) is 0 Å². The van der Waals surface area contributed by atoms with Gasteiger partial charge < -0.3 is 9.47 Å². The predicted molar refractivity (Wildman–Crippen MR) is 90.7 cm³/mol. The van der Waals surface area contributed by atoms with Crippen molar-refractivity contribution in [2.75, 3.05) is 7.11 Å². The molecule has 0 atom stereocenters. The van der Waals surface area contributed by atoms with Crippen LogP contribution >= 0.6 is 15.9 Å². The van der Waals surface area contributed by atoms with Gasteiger partial charge in [-0.1, -0.05) is 45.8 Å². The molecule has 0 amide bonds. The number of esters is 1. The topological polar surface area (TPSA) is 35.5 Å². The van der Waals surface area contributed by atoms with Crippen LogP contribution in [0.1, 0.15) is 16.7 Å². The summed E-state index contributed by atoms with van der Waals surface area (Å²) < 4.78 is 11.4. The molecule has 2 rings (SSSR count). The Labute approximate surface area is 138 Å². The summed E-state index contributed by atoms with van der Waals surface area (Å²) in [5.41, 5.74) is 2.93. The lowest BCUT2D eigenvalue weighted by atomic mass is 10.1. The molecule has 0 aromatic heterocycles. The minimum absolute atomic E-state index is 0.264. The lowest BCUT2D eigenvalue weighted by Gasteiger charge is -2.05. The van der Waals surface area contributed by atoms with Gasteiger partial charge in [-0.2, -0.15) is 0 Å². The van der Waals surface area contributed by atoms with Crippen LogP contribution in [0.5, 0.6) is 5.75 Å². The minimum atomic E-state index is -0.386. The van der Waals surface area contributed by atoms with E-state index in [1.54, 1.807) is 13.2 Å². The molecule has 4 heteroatoms. The van der Waals surface area contributed by atoms with Gasteiger partial charge in [-0.3, -0.25) is 0 Å². The molecule has 0 spiro atoms. The molecule has 0 unspecified atom stereocenters. The van der Waals surface area contributed by atoms with Gasteiger partial charge in [0.15, 0.2) is 0 Å². The lowest BCUT2D eigenvalue weighted by molar-refractivity contribution is -0.138. The molecule has 0 aliphatic heterocycles. The van der Waals surface area contributed by atoms with Crippen molar-refractivity contribution in [3.05, 3.63) is 69.7 Å². The summed E-state index contributed by atoms with van der Waals surface area (Å²) in [5, 5.41) is 0. The molecule has 0 bridgehead atoms. The van der Waals surface area contributed by atoms with Crippen LogP contribution in [0, 0.1) is 6.92 Å². The van der Waals surface area contributed by atoms with Gasteiger partial charge in [0, 0.05) is 16.1 Å². The fourth-order valence-electron chi connectivity index (χ4n) is 2.00. The highest BCUT2D eigenvalue weighted by Crippen LogP contribution is 2.24. The van der Waals surface area contributed by atoms with Crippen LogP contribution in [0.2, 0.25) is 0 Å². The second-order valence-corrected chi connectivity index (χ2v) is 5.73. The fraction of sp³-hybridized carbons (Fsp3) is 0.167. The average molecular weight is 361 g/mol. The molecule has 22 heavy (non-hydrogen) atoms. The Kier molecular flexibility index (Phi) is 5.78. The minimum Gasteiger partial charge on any atom is -0.496 e.